The molecule has 0 bridgehead atoms. The zero-order valence-electron chi connectivity index (χ0n) is 17.9. The summed E-state index contributed by atoms with van der Waals surface area (Å²) in [6.07, 6.45) is 1.53. The van der Waals surface area contributed by atoms with E-state index in [1.54, 1.807) is 19.1 Å². The van der Waals surface area contributed by atoms with Crippen LogP contribution < -0.4 is 20.4 Å². The molecule has 2 aliphatic rings. The molecule has 31 heavy (non-hydrogen) atoms. The third kappa shape index (κ3) is 4.59. The number of urea groups is 1. The van der Waals surface area contributed by atoms with Gasteiger partial charge in [-0.1, -0.05) is 18.2 Å². The molecule has 8 heteroatoms. The Morgan fingerprint density at radius 1 is 1.23 bits per heavy atom. The number of anilines is 1. The fourth-order valence-electron chi connectivity index (χ4n) is 4.29. The van der Waals surface area contributed by atoms with Crippen LogP contribution in [0.2, 0.25) is 0 Å². The van der Waals surface area contributed by atoms with Crippen LogP contribution in [0.3, 0.4) is 0 Å². The van der Waals surface area contributed by atoms with Crippen LogP contribution in [0.25, 0.3) is 0 Å². The van der Waals surface area contributed by atoms with Gasteiger partial charge in [0.1, 0.15) is 18.3 Å². The first-order valence-electron chi connectivity index (χ1n) is 10.7. The molecule has 3 N–H and O–H groups in total. The summed E-state index contributed by atoms with van der Waals surface area (Å²) in [6.45, 7) is 8.34. The smallest absolute Gasteiger partial charge is 0.338 e. The van der Waals surface area contributed by atoms with E-state index in [1.807, 2.05) is 0 Å². The number of aryl methyl sites for hydroxylation is 1. The zero-order chi connectivity index (χ0) is 21.8. The number of ether oxygens (including phenoxy) is 1. The maximum Gasteiger partial charge on any atom is 0.338 e. The van der Waals surface area contributed by atoms with Crippen LogP contribution in [0.4, 0.5) is 10.5 Å². The fraction of sp³-hybridized carbons (Fsp3) is 0.391. The van der Waals surface area contributed by atoms with Gasteiger partial charge in [-0.3, -0.25) is 0 Å². The van der Waals surface area contributed by atoms with E-state index in [-0.39, 0.29) is 12.6 Å². The first-order chi connectivity index (χ1) is 15.1. The number of carbonyl (C=O) groups is 2. The van der Waals surface area contributed by atoms with E-state index in [0.717, 1.165) is 26.2 Å². The largest absolute Gasteiger partial charge is 0.467 e. The quantitative estimate of drug-likeness (QED) is 0.605. The number of para-hydroxylation sites is 1. The molecular formula is C23H29N4O4+. The number of nitrogens with zero attached hydrogens (tertiary/aromatic N) is 1. The molecule has 0 aliphatic carbocycles. The Morgan fingerprint density at radius 2 is 2.00 bits per heavy atom. The van der Waals surface area contributed by atoms with Crippen molar-refractivity contribution in [1.82, 2.24) is 10.6 Å². The molecule has 0 radical (unpaired) electrons. The van der Waals surface area contributed by atoms with Crippen LogP contribution in [-0.4, -0.2) is 51.3 Å². The second-order valence-electron chi connectivity index (χ2n) is 7.86. The molecule has 0 saturated carbocycles. The second-order valence-corrected chi connectivity index (χ2v) is 7.86. The van der Waals surface area contributed by atoms with E-state index in [2.05, 4.69) is 46.7 Å². The Labute approximate surface area is 181 Å². The average Bonchev–Trinajstić information content (AvgIpc) is 3.29. The van der Waals surface area contributed by atoms with Gasteiger partial charge in [0.05, 0.1) is 50.3 Å². The minimum Gasteiger partial charge on any atom is -0.467 e. The molecule has 1 fully saturated rings. The van der Waals surface area contributed by atoms with Crippen LogP contribution in [0.15, 0.2) is 58.3 Å². The van der Waals surface area contributed by atoms with E-state index >= 15 is 0 Å². The van der Waals surface area contributed by atoms with E-state index < -0.39 is 12.0 Å². The van der Waals surface area contributed by atoms with Gasteiger partial charge in [0.15, 0.2) is 0 Å². The topological polar surface area (TPSA) is 88.2 Å². The molecule has 1 atom stereocenters. The third-order valence-electron chi connectivity index (χ3n) is 5.83. The Hall–Kier alpha value is -3.26. The SMILES string of the molecule is CCOC(=O)C1=C(C[NH+]2CCN(c3ccccc3C)CC2)NC(=O)N[C@H]1c1ccco1. The lowest BCUT2D eigenvalue weighted by Crippen LogP contribution is -3.15. The van der Waals surface area contributed by atoms with Gasteiger partial charge in [-0.2, -0.15) is 0 Å². The monoisotopic (exact) mass is 425 g/mol. The van der Waals surface area contributed by atoms with Gasteiger partial charge >= 0.3 is 12.0 Å². The van der Waals surface area contributed by atoms with Gasteiger partial charge < -0.3 is 29.6 Å². The minimum absolute atomic E-state index is 0.260. The lowest BCUT2D eigenvalue weighted by Gasteiger charge is -2.36. The number of esters is 1. The third-order valence-corrected chi connectivity index (χ3v) is 5.83. The van der Waals surface area contributed by atoms with Crippen LogP contribution in [0.5, 0.6) is 0 Å². The predicted molar refractivity (Wildman–Crippen MR) is 116 cm³/mol. The second kappa shape index (κ2) is 9.26. The van der Waals surface area contributed by atoms with E-state index in [4.69, 9.17) is 9.15 Å². The van der Waals surface area contributed by atoms with Gasteiger partial charge in [0.2, 0.25) is 0 Å². The van der Waals surface area contributed by atoms with Gasteiger partial charge in [-0.25, -0.2) is 9.59 Å². The number of nitrogens with one attached hydrogen (secondary N) is 3. The van der Waals surface area contributed by atoms with Crippen molar-refractivity contribution in [1.29, 1.82) is 0 Å². The Bertz CT molecular complexity index is 962. The number of hydrogen-bond donors (Lipinski definition) is 3. The number of amides is 2. The molecule has 8 nitrogen and oxygen atoms in total. The molecular weight excluding hydrogens is 396 g/mol. The summed E-state index contributed by atoms with van der Waals surface area (Å²) in [5.74, 6) is 0.0686. The van der Waals surface area contributed by atoms with Gasteiger partial charge in [0.25, 0.3) is 0 Å². The summed E-state index contributed by atoms with van der Waals surface area (Å²) in [5, 5.41) is 5.64. The van der Waals surface area contributed by atoms with Crippen molar-refractivity contribution in [3.63, 3.8) is 0 Å². The van der Waals surface area contributed by atoms with Crippen LogP contribution in [0.1, 0.15) is 24.3 Å². The standard InChI is InChI=1S/C23H28N4O4/c1-3-30-22(28)20-17(24-23(29)25-21(20)19-9-6-14-31-19)15-26-10-12-27(13-11-26)18-8-5-4-7-16(18)2/h4-9,14,21H,3,10-13,15H2,1-2H3,(H2,24,25,29)/p+1/t21-/m0/s1. The van der Waals surface area contributed by atoms with E-state index in [9.17, 15) is 9.59 Å². The first-order valence-corrected chi connectivity index (χ1v) is 10.7. The van der Waals surface area contributed by atoms with Gasteiger partial charge in [0, 0.05) is 5.69 Å². The highest BCUT2D eigenvalue weighted by atomic mass is 16.5. The number of quaternary nitrogens is 1. The first kappa shape index (κ1) is 21.0. The predicted octanol–water partition coefficient (Wildman–Crippen LogP) is 1.16. The van der Waals surface area contributed by atoms with Crippen molar-refractivity contribution in [2.45, 2.75) is 19.9 Å². The van der Waals surface area contributed by atoms with Crippen molar-refractivity contribution < 1.29 is 23.6 Å². The van der Waals surface area contributed by atoms with Crippen LogP contribution >= 0.6 is 0 Å². The highest BCUT2D eigenvalue weighted by Gasteiger charge is 2.37. The summed E-state index contributed by atoms with van der Waals surface area (Å²) < 4.78 is 10.8. The zero-order valence-corrected chi connectivity index (χ0v) is 17.9. The van der Waals surface area contributed by atoms with Crippen molar-refractivity contribution in [3.8, 4) is 0 Å². The number of piperazine rings is 1. The maximum absolute atomic E-state index is 12.8. The molecule has 1 saturated heterocycles. The van der Waals surface area contributed by atoms with Crippen LogP contribution in [-0.2, 0) is 9.53 Å². The number of furan rings is 1. The molecule has 2 aromatic rings. The Morgan fingerprint density at radius 3 is 2.68 bits per heavy atom. The molecule has 1 aromatic heterocycles. The van der Waals surface area contributed by atoms with Gasteiger partial charge in [-0.05, 0) is 37.6 Å². The van der Waals surface area contributed by atoms with E-state index in [0.29, 0.717) is 23.6 Å². The summed E-state index contributed by atoms with van der Waals surface area (Å²) in [7, 11) is 0. The summed E-state index contributed by atoms with van der Waals surface area (Å²) in [6, 6.07) is 10.9. The summed E-state index contributed by atoms with van der Waals surface area (Å²) in [5.41, 5.74) is 3.54. The molecule has 3 heterocycles. The van der Waals surface area contributed by atoms with Crippen molar-refractivity contribution >= 4 is 17.7 Å². The summed E-state index contributed by atoms with van der Waals surface area (Å²) in [4.78, 5) is 28.9. The van der Waals surface area contributed by atoms with Gasteiger partial charge in [-0.15, -0.1) is 0 Å². The lowest BCUT2D eigenvalue weighted by atomic mass is 9.99. The number of rotatable bonds is 6. The molecule has 0 unspecified atom stereocenters. The highest BCUT2D eigenvalue weighted by molar-refractivity contribution is 5.95. The molecule has 0 spiro atoms. The fourth-order valence-corrected chi connectivity index (χ4v) is 4.29. The Balaban J connectivity index is 1.53. The molecule has 4 rings (SSSR count). The molecule has 2 amide bonds. The lowest BCUT2D eigenvalue weighted by molar-refractivity contribution is -0.896. The molecule has 2 aliphatic heterocycles. The Kier molecular flexibility index (Phi) is 6.27. The van der Waals surface area contributed by atoms with Crippen molar-refractivity contribution in [3.05, 3.63) is 65.3 Å². The average molecular weight is 426 g/mol. The van der Waals surface area contributed by atoms with Crippen molar-refractivity contribution in [2.75, 3.05) is 44.2 Å². The summed E-state index contributed by atoms with van der Waals surface area (Å²) >= 11 is 0. The molecule has 164 valence electrons. The number of hydrogen-bond acceptors (Lipinski definition) is 5. The number of benzene rings is 1. The van der Waals surface area contributed by atoms with Crippen molar-refractivity contribution in [2.24, 2.45) is 0 Å². The van der Waals surface area contributed by atoms with E-state index in [1.165, 1.54) is 22.4 Å². The molecule has 1 aromatic carbocycles. The minimum atomic E-state index is -0.662. The highest BCUT2D eigenvalue weighted by Crippen LogP contribution is 2.27. The normalized spacial score (nSPS) is 19.7. The maximum atomic E-state index is 12.8. The number of carbonyl (C=O) groups excluding carboxylic acids is 2. The van der Waals surface area contributed by atoms with Crippen LogP contribution in [0, 0.1) is 6.92 Å².